The van der Waals surface area contributed by atoms with Crippen LogP contribution < -0.4 is 10.6 Å². The van der Waals surface area contributed by atoms with Crippen molar-refractivity contribution in [2.75, 3.05) is 26.2 Å². The van der Waals surface area contributed by atoms with Crippen LogP contribution in [0.1, 0.15) is 29.7 Å². The minimum absolute atomic E-state index is 0.245. The first kappa shape index (κ1) is 19.6. The number of nitrogens with zero attached hydrogens (tertiary/aromatic N) is 1. The Labute approximate surface area is 171 Å². The van der Waals surface area contributed by atoms with Crippen LogP contribution in [0, 0.1) is 6.92 Å². The molecule has 1 aliphatic heterocycles. The van der Waals surface area contributed by atoms with E-state index in [0.717, 1.165) is 57.1 Å². The second-order valence-electron chi connectivity index (χ2n) is 7.57. The van der Waals surface area contributed by atoms with Gasteiger partial charge in [0.05, 0.1) is 18.9 Å². The van der Waals surface area contributed by atoms with Gasteiger partial charge in [-0.25, -0.2) is 0 Å². The van der Waals surface area contributed by atoms with E-state index in [9.17, 15) is 0 Å². The van der Waals surface area contributed by atoms with Gasteiger partial charge >= 0.3 is 0 Å². The lowest BCUT2D eigenvalue weighted by Crippen LogP contribution is -2.40. The van der Waals surface area contributed by atoms with Gasteiger partial charge in [0, 0.05) is 43.2 Å². The number of nitrogens with one attached hydrogen (secondary N) is 3. The standard InChI is InChI=1S/C23H30N4O2/c1-17-5-2-8-21-22(17)18(15-26-21)9-11-24-23(27-16-20-7-4-14-29-20)25-12-10-19-6-3-13-28-19/h2-3,5-6,8,13,15,20,26H,4,7,9-12,14,16H2,1H3,(H2,24,25,27). The molecule has 0 saturated carbocycles. The predicted octanol–water partition coefficient (Wildman–Crippen LogP) is 3.57. The Balaban J connectivity index is 1.33. The molecule has 3 heterocycles. The van der Waals surface area contributed by atoms with Gasteiger partial charge in [-0.15, -0.1) is 0 Å². The van der Waals surface area contributed by atoms with Gasteiger partial charge < -0.3 is 24.8 Å². The highest BCUT2D eigenvalue weighted by molar-refractivity contribution is 5.86. The summed E-state index contributed by atoms with van der Waals surface area (Å²) >= 11 is 0. The molecule has 29 heavy (non-hydrogen) atoms. The summed E-state index contributed by atoms with van der Waals surface area (Å²) in [5.41, 5.74) is 3.84. The van der Waals surface area contributed by atoms with Crippen LogP contribution in [0.2, 0.25) is 0 Å². The van der Waals surface area contributed by atoms with E-state index in [2.05, 4.69) is 46.9 Å². The molecule has 1 atom stereocenters. The first-order chi connectivity index (χ1) is 14.3. The van der Waals surface area contributed by atoms with Gasteiger partial charge in [-0.3, -0.25) is 4.99 Å². The molecule has 4 rings (SSSR count). The van der Waals surface area contributed by atoms with E-state index < -0.39 is 0 Å². The maximum absolute atomic E-state index is 5.71. The molecular formula is C23H30N4O2. The van der Waals surface area contributed by atoms with Crippen LogP contribution >= 0.6 is 0 Å². The van der Waals surface area contributed by atoms with Crippen LogP contribution in [0.4, 0.5) is 0 Å². The third-order valence-corrected chi connectivity index (χ3v) is 5.40. The number of rotatable bonds is 8. The molecule has 0 spiro atoms. The van der Waals surface area contributed by atoms with Gasteiger partial charge in [-0.2, -0.15) is 0 Å². The van der Waals surface area contributed by atoms with Crippen molar-refractivity contribution in [2.45, 2.75) is 38.7 Å². The number of H-pyrrole nitrogens is 1. The van der Waals surface area contributed by atoms with E-state index in [1.165, 1.54) is 22.0 Å². The highest BCUT2D eigenvalue weighted by Crippen LogP contribution is 2.22. The molecule has 1 aromatic carbocycles. The largest absolute Gasteiger partial charge is 0.469 e. The third-order valence-electron chi connectivity index (χ3n) is 5.40. The number of benzene rings is 1. The first-order valence-electron chi connectivity index (χ1n) is 10.5. The number of hydrogen-bond donors (Lipinski definition) is 3. The number of aliphatic imine (C=N–C) groups is 1. The van der Waals surface area contributed by atoms with Crippen molar-refractivity contribution in [2.24, 2.45) is 4.99 Å². The van der Waals surface area contributed by atoms with Crippen LogP contribution in [0.3, 0.4) is 0 Å². The summed E-state index contributed by atoms with van der Waals surface area (Å²) in [5.74, 6) is 1.81. The lowest BCUT2D eigenvalue weighted by molar-refractivity contribution is 0.117. The minimum Gasteiger partial charge on any atom is -0.469 e. The Morgan fingerprint density at radius 2 is 2.07 bits per heavy atom. The van der Waals surface area contributed by atoms with Crippen molar-refractivity contribution < 1.29 is 9.15 Å². The molecule has 3 N–H and O–H groups in total. The molecule has 0 amide bonds. The molecule has 3 aromatic rings. The molecule has 1 unspecified atom stereocenters. The van der Waals surface area contributed by atoms with E-state index in [-0.39, 0.29) is 6.10 Å². The molecule has 154 valence electrons. The number of ether oxygens (including phenoxy) is 1. The van der Waals surface area contributed by atoms with E-state index in [0.29, 0.717) is 6.54 Å². The van der Waals surface area contributed by atoms with Gasteiger partial charge in [0.2, 0.25) is 0 Å². The van der Waals surface area contributed by atoms with E-state index >= 15 is 0 Å². The van der Waals surface area contributed by atoms with Gasteiger partial charge in [0.1, 0.15) is 5.76 Å². The molecule has 0 radical (unpaired) electrons. The minimum atomic E-state index is 0.245. The van der Waals surface area contributed by atoms with Crippen LogP contribution in [-0.4, -0.2) is 43.3 Å². The van der Waals surface area contributed by atoms with E-state index in [4.69, 9.17) is 14.1 Å². The zero-order chi connectivity index (χ0) is 19.9. The molecular weight excluding hydrogens is 364 g/mol. The Hall–Kier alpha value is -2.73. The summed E-state index contributed by atoms with van der Waals surface area (Å²) in [6.07, 6.45) is 8.07. The average molecular weight is 395 g/mol. The number of fused-ring (bicyclic) bond motifs is 1. The fourth-order valence-corrected chi connectivity index (χ4v) is 3.88. The van der Waals surface area contributed by atoms with Gasteiger partial charge in [-0.1, -0.05) is 12.1 Å². The molecule has 0 aliphatic carbocycles. The maximum Gasteiger partial charge on any atom is 0.191 e. The molecule has 1 aliphatic rings. The summed E-state index contributed by atoms with van der Waals surface area (Å²) in [4.78, 5) is 8.13. The fraction of sp³-hybridized carbons (Fsp3) is 0.435. The normalized spacial score (nSPS) is 17.1. The van der Waals surface area contributed by atoms with Crippen molar-refractivity contribution >= 4 is 16.9 Å². The van der Waals surface area contributed by atoms with Crippen molar-refractivity contribution in [1.82, 2.24) is 15.6 Å². The number of aromatic nitrogens is 1. The van der Waals surface area contributed by atoms with Crippen LogP contribution in [-0.2, 0) is 17.6 Å². The molecule has 6 nitrogen and oxygen atoms in total. The lowest BCUT2D eigenvalue weighted by Gasteiger charge is -2.14. The molecule has 6 heteroatoms. The Bertz CT molecular complexity index is 924. The topological polar surface area (TPSA) is 74.6 Å². The summed E-state index contributed by atoms with van der Waals surface area (Å²) in [5, 5.41) is 8.24. The maximum atomic E-state index is 5.71. The predicted molar refractivity (Wildman–Crippen MR) is 116 cm³/mol. The zero-order valence-corrected chi connectivity index (χ0v) is 17.0. The Kier molecular flexibility index (Phi) is 6.52. The number of guanidine groups is 1. The van der Waals surface area contributed by atoms with Crippen LogP contribution in [0.15, 0.2) is 52.2 Å². The van der Waals surface area contributed by atoms with E-state index in [1.54, 1.807) is 6.26 Å². The molecule has 2 aromatic heterocycles. The summed E-state index contributed by atoms with van der Waals surface area (Å²) < 4.78 is 11.1. The van der Waals surface area contributed by atoms with Crippen LogP contribution in [0.25, 0.3) is 10.9 Å². The third kappa shape index (κ3) is 5.21. The summed E-state index contributed by atoms with van der Waals surface area (Å²) in [6, 6.07) is 10.3. The number of aryl methyl sites for hydroxylation is 1. The number of aromatic amines is 1. The first-order valence-corrected chi connectivity index (χ1v) is 10.5. The van der Waals surface area contributed by atoms with E-state index in [1.807, 2.05) is 12.1 Å². The molecule has 0 bridgehead atoms. The summed E-state index contributed by atoms with van der Waals surface area (Å²) in [7, 11) is 0. The lowest BCUT2D eigenvalue weighted by atomic mass is 10.1. The fourth-order valence-electron chi connectivity index (χ4n) is 3.88. The number of furan rings is 1. The highest BCUT2D eigenvalue weighted by atomic mass is 16.5. The Morgan fingerprint density at radius 3 is 2.86 bits per heavy atom. The zero-order valence-electron chi connectivity index (χ0n) is 17.0. The summed E-state index contributed by atoms with van der Waals surface area (Å²) in [6.45, 7) is 5.31. The van der Waals surface area contributed by atoms with Gasteiger partial charge in [0.25, 0.3) is 0 Å². The quantitative estimate of drug-likeness (QED) is 0.403. The number of hydrogen-bond acceptors (Lipinski definition) is 3. The smallest absolute Gasteiger partial charge is 0.191 e. The van der Waals surface area contributed by atoms with Gasteiger partial charge in [-0.05, 0) is 55.5 Å². The van der Waals surface area contributed by atoms with Crippen LogP contribution in [0.5, 0.6) is 0 Å². The SMILES string of the molecule is Cc1cccc2[nH]cc(CCNC(=NCC3CCCO3)NCCc3ccco3)c12. The van der Waals surface area contributed by atoms with Gasteiger partial charge in [0.15, 0.2) is 5.96 Å². The van der Waals surface area contributed by atoms with Crippen molar-refractivity contribution in [3.8, 4) is 0 Å². The Morgan fingerprint density at radius 1 is 1.17 bits per heavy atom. The average Bonchev–Trinajstić information content (AvgIpc) is 3.48. The molecule has 1 saturated heterocycles. The second-order valence-corrected chi connectivity index (χ2v) is 7.57. The second kappa shape index (κ2) is 9.65. The monoisotopic (exact) mass is 394 g/mol. The van der Waals surface area contributed by atoms with Crippen molar-refractivity contribution in [1.29, 1.82) is 0 Å². The highest BCUT2D eigenvalue weighted by Gasteiger charge is 2.15. The van der Waals surface area contributed by atoms with Crippen molar-refractivity contribution in [3.63, 3.8) is 0 Å². The molecule has 1 fully saturated rings. The van der Waals surface area contributed by atoms with Crippen molar-refractivity contribution in [3.05, 3.63) is 59.7 Å².